The minimum atomic E-state index is 0.364. The lowest BCUT2D eigenvalue weighted by Crippen LogP contribution is -2.48. The fraction of sp³-hybridized carbons (Fsp3) is 0.462. The average Bonchev–Trinajstić information content (AvgIpc) is 3.43. The number of fused-ring (bicyclic) bond motifs is 1. The molecule has 2 aromatic carbocycles. The Morgan fingerprint density at radius 3 is 2.35 bits per heavy atom. The monoisotopic (exact) mass is 416 g/mol. The van der Waals surface area contributed by atoms with Crippen molar-refractivity contribution in [2.24, 2.45) is 5.92 Å². The number of carbonyl (C=O) groups is 1. The number of aromatic nitrogens is 2. The summed E-state index contributed by atoms with van der Waals surface area (Å²) in [5.74, 6) is 2.10. The van der Waals surface area contributed by atoms with Crippen molar-refractivity contribution in [3.8, 4) is 0 Å². The maximum Gasteiger partial charge on any atom is 0.222 e. The van der Waals surface area contributed by atoms with Crippen molar-refractivity contribution >= 4 is 16.9 Å². The highest BCUT2D eigenvalue weighted by Crippen LogP contribution is 2.28. The van der Waals surface area contributed by atoms with Gasteiger partial charge in [-0.3, -0.25) is 9.69 Å². The van der Waals surface area contributed by atoms with E-state index in [1.807, 2.05) is 0 Å². The molecule has 2 aliphatic rings. The molecular formula is C26H32N4O. The first-order valence-corrected chi connectivity index (χ1v) is 11.7. The van der Waals surface area contributed by atoms with Crippen molar-refractivity contribution in [2.75, 3.05) is 26.2 Å². The fourth-order valence-corrected chi connectivity index (χ4v) is 5.13. The number of benzene rings is 2. The van der Waals surface area contributed by atoms with Gasteiger partial charge in [-0.15, -0.1) is 0 Å². The molecular weight excluding hydrogens is 384 g/mol. The van der Waals surface area contributed by atoms with Crippen LogP contribution in [0.15, 0.2) is 54.6 Å². The summed E-state index contributed by atoms with van der Waals surface area (Å²) in [6.07, 6.45) is 5.84. The Morgan fingerprint density at radius 2 is 1.58 bits per heavy atom. The molecule has 162 valence electrons. The van der Waals surface area contributed by atoms with E-state index in [1.54, 1.807) is 0 Å². The molecule has 0 radical (unpaired) electrons. The van der Waals surface area contributed by atoms with Gasteiger partial charge in [0.15, 0.2) is 0 Å². The Labute approximate surface area is 184 Å². The molecule has 31 heavy (non-hydrogen) atoms. The molecule has 0 spiro atoms. The summed E-state index contributed by atoms with van der Waals surface area (Å²) in [6.45, 7) is 5.17. The van der Waals surface area contributed by atoms with E-state index in [0.717, 1.165) is 57.0 Å². The summed E-state index contributed by atoms with van der Waals surface area (Å²) >= 11 is 0. The first-order valence-electron chi connectivity index (χ1n) is 11.7. The molecule has 2 heterocycles. The standard InChI is InChI=1S/C26H32N4O/c31-26(18-21-8-4-5-9-21)29-16-14-28(15-17-29)20-25-27-23-12-6-7-13-24(23)30(25)19-22-10-2-1-3-11-22/h1-3,6-7,10-13,21H,4-5,8-9,14-20H2. The van der Waals surface area contributed by atoms with Crippen LogP contribution in [0.3, 0.4) is 0 Å². The average molecular weight is 417 g/mol. The Hall–Kier alpha value is -2.66. The van der Waals surface area contributed by atoms with E-state index < -0.39 is 0 Å². The predicted octanol–water partition coefficient (Wildman–Crippen LogP) is 4.31. The van der Waals surface area contributed by atoms with Crippen LogP contribution >= 0.6 is 0 Å². The maximum atomic E-state index is 12.7. The highest BCUT2D eigenvalue weighted by atomic mass is 16.2. The second-order valence-corrected chi connectivity index (χ2v) is 9.10. The minimum Gasteiger partial charge on any atom is -0.340 e. The molecule has 5 rings (SSSR count). The molecule has 5 heteroatoms. The van der Waals surface area contributed by atoms with E-state index in [2.05, 4.69) is 69.0 Å². The van der Waals surface area contributed by atoms with Gasteiger partial charge in [-0.25, -0.2) is 4.98 Å². The normalized spacial score (nSPS) is 18.1. The van der Waals surface area contributed by atoms with Crippen molar-refractivity contribution < 1.29 is 4.79 Å². The Kier molecular flexibility index (Phi) is 6.03. The summed E-state index contributed by atoms with van der Waals surface area (Å²) in [5, 5.41) is 0. The van der Waals surface area contributed by atoms with Gasteiger partial charge in [0.2, 0.25) is 5.91 Å². The summed E-state index contributed by atoms with van der Waals surface area (Å²) in [5.41, 5.74) is 3.53. The molecule has 5 nitrogen and oxygen atoms in total. The molecule has 1 aliphatic carbocycles. The van der Waals surface area contributed by atoms with Crippen LogP contribution in [-0.2, 0) is 17.9 Å². The fourth-order valence-electron chi connectivity index (χ4n) is 5.13. The van der Waals surface area contributed by atoms with Crippen LogP contribution in [0.25, 0.3) is 11.0 Å². The van der Waals surface area contributed by atoms with Crippen LogP contribution in [0, 0.1) is 5.92 Å². The molecule has 0 N–H and O–H groups in total. The molecule has 0 unspecified atom stereocenters. The van der Waals surface area contributed by atoms with Gasteiger partial charge < -0.3 is 9.47 Å². The zero-order valence-electron chi connectivity index (χ0n) is 18.2. The number of piperazine rings is 1. The summed E-state index contributed by atoms with van der Waals surface area (Å²) in [7, 11) is 0. The SMILES string of the molecule is O=C(CC1CCCC1)N1CCN(Cc2nc3ccccc3n2Cc2ccccc2)CC1. The van der Waals surface area contributed by atoms with Crippen LogP contribution in [0.5, 0.6) is 0 Å². The quantitative estimate of drug-likeness (QED) is 0.601. The number of imidazole rings is 1. The largest absolute Gasteiger partial charge is 0.340 e. The molecule has 0 bridgehead atoms. The number of rotatable bonds is 6. The van der Waals surface area contributed by atoms with Gasteiger partial charge in [0.1, 0.15) is 5.82 Å². The third-order valence-electron chi connectivity index (χ3n) is 6.95. The number of hydrogen-bond acceptors (Lipinski definition) is 3. The molecule has 1 saturated heterocycles. The van der Waals surface area contributed by atoms with Gasteiger partial charge in [-0.2, -0.15) is 0 Å². The third kappa shape index (κ3) is 4.67. The highest BCUT2D eigenvalue weighted by molar-refractivity contribution is 5.77. The molecule has 1 amide bonds. The van der Waals surface area contributed by atoms with E-state index in [0.29, 0.717) is 11.8 Å². The number of hydrogen-bond donors (Lipinski definition) is 0. The highest BCUT2D eigenvalue weighted by Gasteiger charge is 2.26. The molecule has 0 atom stereocenters. The van der Waals surface area contributed by atoms with Gasteiger partial charge in [0.25, 0.3) is 0 Å². The van der Waals surface area contributed by atoms with E-state index in [4.69, 9.17) is 4.98 Å². The van der Waals surface area contributed by atoms with Crippen molar-refractivity contribution in [1.29, 1.82) is 0 Å². The lowest BCUT2D eigenvalue weighted by Gasteiger charge is -2.35. The Balaban J connectivity index is 1.25. The number of para-hydroxylation sites is 2. The molecule has 2 fully saturated rings. The first kappa shape index (κ1) is 20.3. The lowest BCUT2D eigenvalue weighted by atomic mass is 10.0. The van der Waals surface area contributed by atoms with Crippen LogP contribution in [0.2, 0.25) is 0 Å². The molecule has 1 saturated carbocycles. The minimum absolute atomic E-state index is 0.364. The van der Waals surface area contributed by atoms with Crippen molar-refractivity contribution in [3.63, 3.8) is 0 Å². The molecule has 1 aliphatic heterocycles. The third-order valence-corrected chi connectivity index (χ3v) is 6.95. The Bertz CT molecular complexity index is 1010. The van der Waals surface area contributed by atoms with Crippen LogP contribution in [0.4, 0.5) is 0 Å². The van der Waals surface area contributed by atoms with Crippen molar-refractivity contribution in [2.45, 2.75) is 45.2 Å². The van der Waals surface area contributed by atoms with Gasteiger partial charge >= 0.3 is 0 Å². The Morgan fingerprint density at radius 1 is 0.871 bits per heavy atom. The van der Waals surface area contributed by atoms with Crippen LogP contribution in [-0.4, -0.2) is 51.4 Å². The topological polar surface area (TPSA) is 41.4 Å². The van der Waals surface area contributed by atoms with Crippen molar-refractivity contribution in [3.05, 3.63) is 66.0 Å². The van der Waals surface area contributed by atoms with Gasteiger partial charge in [-0.05, 0) is 36.5 Å². The summed E-state index contributed by atoms with van der Waals surface area (Å²) < 4.78 is 2.35. The smallest absolute Gasteiger partial charge is 0.222 e. The van der Waals surface area contributed by atoms with Crippen LogP contribution < -0.4 is 0 Å². The molecule has 1 aromatic heterocycles. The second-order valence-electron chi connectivity index (χ2n) is 9.10. The van der Waals surface area contributed by atoms with E-state index in [-0.39, 0.29) is 0 Å². The maximum absolute atomic E-state index is 12.7. The van der Waals surface area contributed by atoms with E-state index >= 15 is 0 Å². The van der Waals surface area contributed by atoms with E-state index in [9.17, 15) is 4.79 Å². The summed E-state index contributed by atoms with van der Waals surface area (Å²) in [6, 6.07) is 19.0. The van der Waals surface area contributed by atoms with Gasteiger partial charge in [-0.1, -0.05) is 55.3 Å². The number of nitrogens with zero attached hydrogens (tertiary/aromatic N) is 4. The van der Waals surface area contributed by atoms with Gasteiger partial charge in [0.05, 0.1) is 17.6 Å². The predicted molar refractivity (Wildman–Crippen MR) is 124 cm³/mol. The second kappa shape index (κ2) is 9.23. The van der Waals surface area contributed by atoms with Crippen molar-refractivity contribution in [1.82, 2.24) is 19.4 Å². The zero-order chi connectivity index (χ0) is 21.0. The molecule has 3 aromatic rings. The number of carbonyl (C=O) groups excluding carboxylic acids is 1. The van der Waals surface area contributed by atoms with Gasteiger partial charge in [0, 0.05) is 39.1 Å². The lowest BCUT2D eigenvalue weighted by molar-refractivity contribution is -0.134. The van der Waals surface area contributed by atoms with Crippen LogP contribution in [0.1, 0.15) is 43.5 Å². The first-order chi connectivity index (χ1) is 15.3. The van der Waals surface area contributed by atoms with E-state index in [1.165, 1.54) is 36.8 Å². The zero-order valence-corrected chi connectivity index (χ0v) is 18.2. The number of amides is 1. The summed E-state index contributed by atoms with van der Waals surface area (Å²) in [4.78, 5) is 22.2.